The molecule has 0 aliphatic heterocycles. The largest absolute Gasteiger partial charge is 0.497 e. The topological polar surface area (TPSA) is 9.23 Å². The molecule has 0 amide bonds. The van der Waals surface area contributed by atoms with Gasteiger partial charge in [-0.25, -0.2) is 8.78 Å². The van der Waals surface area contributed by atoms with Crippen molar-refractivity contribution in [1.82, 2.24) is 0 Å². The van der Waals surface area contributed by atoms with Gasteiger partial charge in [0.25, 0.3) is 0 Å². The fourth-order valence-corrected chi connectivity index (χ4v) is 2.66. The molecule has 0 saturated carbocycles. The van der Waals surface area contributed by atoms with Gasteiger partial charge in [0.05, 0.1) is 12.5 Å². The average Bonchev–Trinajstić information content (AvgIpc) is 2.37. The summed E-state index contributed by atoms with van der Waals surface area (Å²) < 4.78 is 33.6. The molecule has 5 heteroatoms. The molecule has 0 aliphatic rings. The second-order valence-electron chi connectivity index (χ2n) is 3.92. The van der Waals surface area contributed by atoms with Crippen LogP contribution in [0.1, 0.15) is 16.5 Å². The third kappa shape index (κ3) is 3.17. The highest BCUT2D eigenvalue weighted by atomic mass is 127. The number of halogens is 4. The van der Waals surface area contributed by atoms with Crippen molar-refractivity contribution in [1.29, 1.82) is 0 Å². The molecule has 19 heavy (non-hydrogen) atoms. The minimum atomic E-state index is -0.874. The second kappa shape index (κ2) is 6.05. The van der Waals surface area contributed by atoms with Crippen LogP contribution in [-0.4, -0.2) is 7.11 Å². The van der Waals surface area contributed by atoms with Gasteiger partial charge in [0.2, 0.25) is 0 Å². The molecule has 100 valence electrons. The van der Waals surface area contributed by atoms with Gasteiger partial charge in [0.15, 0.2) is 0 Å². The van der Waals surface area contributed by atoms with E-state index in [4.69, 9.17) is 16.3 Å². The molecule has 0 heterocycles. The summed E-state index contributed by atoms with van der Waals surface area (Å²) in [5, 5.41) is -0.874. The van der Waals surface area contributed by atoms with E-state index >= 15 is 0 Å². The lowest BCUT2D eigenvalue weighted by Gasteiger charge is -2.14. The standard InChI is InChI=1S/C14H10ClF2IO/c1-19-10-6-11(16)13(12(17)7-10)14(15)8-3-2-4-9(18)5-8/h2-7,14H,1H3. The Bertz CT molecular complexity index is 581. The predicted molar refractivity (Wildman–Crippen MR) is 79.8 cm³/mol. The lowest BCUT2D eigenvalue weighted by Crippen LogP contribution is -2.02. The van der Waals surface area contributed by atoms with E-state index in [1.807, 2.05) is 6.07 Å². The Morgan fingerprint density at radius 3 is 2.32 bits per heavy atom. The Labute approximate surface area is 128 Å². The fourth-order valence-electron chi connectivity index (χ4n) is 1.75. The molecular formula is C14H10ClF2IO. The zero-order valence-corrected chi connectivity index (χ0v) is 12.9. The molecule has 2 rings (SSSR count). The molecule has 0 aromatic heterocycles. The molecule has 1 nitrogen and oxygen atoms in total. The summed E-state index contributed by atoms with van der Waals surface area (Å²) in [5.74, 6) is -1.29. The van der Waals surface area contributed by atoms with Gasteiger partial charge in [-0.1, -0.05) is 12.1 Å². The number of alkyl halides is 1. The van der Waals surface area contributed by atoms with E-state index in [0.717, 1.165) is 15.7 Å². The van der Waals surface area contributed by atoms with Crippen LogP contribution in [0.4, 0.5) is 8.78 Å². The molecule has 0 radical (unpaired) electrons. The summed E-state index contributed by atoms with van der Waals surface area (Å²) in [4.78, 5) is 0. The first-order valence-electron chi connectivity index (χ1n) is 5.45. The number of hydrogen-bond acceptors (Lipinski definition) is 1. The van der Waals surface area contributed by atoms with Gasteiger partial charge >= 0.3 is 0 Å². The van der Waals surface area contributed by atoms with E-state index in [0.29, 0.717) is 5.56 Å². The van der Waals surface area contributed by atoms with Crippen LogP contribution in [0.3, 0.4) is 0 Å². The first kappa shape index (κ1) is 14.5. The highest BCUT2D eigenvalue weighted by Gasteiger charge is 2.21. The summed E-state index contributed by atoms with van der Waals surface area (Å²) in [5.41, 5.74) is 0.487. The lowest BCUT2D eigenvalue weighted by molar-refractivity contribution is 0.405. The maximum atomic E-state index is 13.9. The molecule has 2 aromatic rings. The molecule has 0 N–H and O–H groups in total. The van der Waals surface area contributed by atoms with Crippen molar-refractivity contribution in [2.24, 2.45) is 0 Å². The van der Waals surface area contributed by atoms with Crippen molar-refractivity contribution in [3.05, 3.63) is 62.7 Å². The highest BCUT2D eigenvalue weighted by molar-refractivity contribution is 14.1. The minimum Gasteiger partial charge on any atom is -0.497 e. The first-order chi connectivity index (χ1) is 9.02. The van der Waals surface area contributed by atoms with E-state index < -0.39 is 17.0 Å². The van der Waals surface area contributed by atoms with E-state index in [9.17, 15) is 8.78 Å². The SMILES string of the molecule is COc1cc(F)c(C(Cl)c2cccc(I)c2)c(F)c1. The summed E-state index contributed by atoms with van der Waals surface area (Å²) in [6.07, 6.45) is 0. The molecule has 0 aliphatic carbocycles. The number of hydrogen-bond donors (Lipinski definition) is 0. The zero-order valence-electron chi connectivity index (χ0n) is 9.96. The first-order valence-corrected chi connectivity index (χ1v) is 6.97. The molecule has 0 fully saturated rings. The van der Waals surface area contributed by atoms with Crippen LogP contribution >= 0.6 is 34.2 Å². The summed E-state index contributed by atoms with van der Waals surface area (Å²) >= 11 is 8.31. The van der Waals surface area contributed by atoms with Gasteiger partial charge in [-0.3, -0.25) is 0 Å². The van der Waals surface area contributed by atoms with Crippen molar-refractivity contribution >= 4 is 34.2 Å². The van der Waals surface area contributed by atoms with Gasteiger partial charge < -0.3 is 4.74 Å². The molecule has 1 atom stereocenters. The van der Waals surface area contributed by atoms with Crippen LogP contribution in [0.2, 0.25) is 0 Å². The summed E-state index contributed by atoms with van der Waals surface area (Å²) in [7, 11) is 1.35. The molecular weight excluding hydrogens is 385 g/mol. The van der Waals surface area contributed by atoms with E-state index in [1.165, 1.54) is 7.11 Å². The summed E-state index contributed by atoms with van der Waals surface area (Å²) in [6, 6.07) is 9.47. The van der Waals surface area contributed by atoms with E-state index in [2.05, 4.69) is 22.6 Å². The van der Waals surface area contributed by atoms with Crippen molar-refractivity contribution in [3.63, 3.8) is 0 Å². The Morgan fingerprint density at radius 1 is 1.16 bits per heavy atom. The number of rotatable bonds is 3. The number of methoxy groups -OCH3 is 1. The molecule has 0 saturated heterocycles. The second-order valence-corrected chi connectivity index (χ2v) is 5.60. The van der Waals surface area contributed by atoms with Crippen LogP contribution in [0.5, 0.6) is 5.75 Å². The van der Waals surface area contributed by atoms with Gasteiger partial charge in [0, 0.05) is 21.3 Å². The molecule has 0 bridgehead atoms. The van der Waals surface area contributed by atoms with Crippen LogP contribution in [0.15, 0.2) is 36.4 Å². The Kier molecular flexibility index (Phi) is 4.62. The maximum Gasteiger partial charge on any atom is 0.134 e. The van der Waals surface area contributed by atoms with Crippen molar-refractivity contribution in [3.8, 4) is 5.75 Å². The summed E-state index contributed by atoms with van der Waals surface area (Å²) in [6.45, 7) is 0. The minimum absolute atomic E-state index is 0.130. The van der Waals surface area contributed by atoms with Crippen LogP contribution < -0.4 is 4.74 Å². The van der Waals surface area contributed by atoms with Gasteiger partial charge in [-0.05, 0) is 40.3 Å². The predicted octanol–water partition coefficient (Wildman–Crippen LogP) is 4.91. The molecule has 1 unspecified atom stereocenters. The highest BCUT2D eigenvalue weighted by Crippen LogP contribution is 2.34. The third-order valence-corrected chi connectivity index (χ3v) is 3.82. The number of benzene rings is 2. The Morgan fingerprint density at radius 2 is 1.79 bits per heavy atom. The maximum absolute atomic E-state index is 13.9. The average molecular weight is 395 g/mol. The Balaban J connectivity index is 2.47. The number of ether oxygens (including phenoxy) is 1. The van der Waals surface area contributed by atoms with E-state index in [-0.39, 0.29) is 11.3 Å². The molecule has 0 spiro atoms. The zero-order chi connectivity index (χ0) is 14.0. The Hall–Kier alpha value is -0.880. The van der Waals surface area contributed by atoms with Crippen molar-refractivity contribution < 1.29 is 13.5 Å². The van der Waals surface area contributed by atoms with E-state index in [1.54, 1.807) is 18.2 Å². The quantitative estimate of drug-likeness (QED) is 0.531. The van der Waals surface area contributed by atoms with Gasteiger partial charge in [-0.2, -0.15) is 0 Å². The van der Waals surface area contributed by atoms with Crippen molar-refractivity contribution in [2.45, 2.75) is 5.38 Å². The van der Waals surface area contributed by atoms with Crippen LogP contribution in [0, 0.1) is 15.2 Å². The fraction of sp³-hybridized carbons (Fsp3) is 0.143. The smallest absolute Gasteiger partial charge is 0.134 e. The van der Waals surface area contributed by atoms with Crippen molar-refractivity contribution in [2.75, 3.05) is 7.11 Å². The molecule has 2 aromatic carbocycles. The van der Waals surface area contributed by atoms with Crippen LogP contribution in [-0.2, 0) is 0 Å². The van der Waals surface area contributed by atoms with Gasteiger partial charge in [0.1, 0.15) is 17.4 Å². The third-order valence-electron chi connectivity index (χ3n) is 2.68. The van der Waals surface area contributed by atoms with Crippen LogP contribution in [0.25, 0.3) is 0 Å². The monoisotopic (exact) mass is 394 g/mol. The normalized spacial score (nSPS) is 12.3. The lowest BCUT2D eigenvalue weighted by atomic mass is 10.0. The van der Waals surface area contributed by atoms with Gasteiger partial charge in [-0.15, -0.1) is 11.6 Å².